The number of nitrogens with one attached hydrogen (secondary N) is 1. The van der Waals surface area contributed by atoms with Crippen LogP contribution in [0.3, 0.4) is 0 Å². The zero-order valence-corrected chi connectivity index (χ0v) is 10.5. The summed E-state index contributed by atoms with van der Waals surface area (Å²) in [6.07, 6.45) is 5.99. The van der Waals surface area contributed by atoms with Gasteiger partial charge in [-0.25, -0.2) is 4.98 Å². The van der Waals surface area contributed by atoms with Gasteiger partial charge in [0.05, 0.1) is 11.2 Å². The number of aryl methyl sites for hydroxylation is 1. The third-order valence-electron chi connectivity index (χ3n) is 3.13. The average molecular weight is 237 g/mol. The quantitative estimate of drug-likeness (QED) is 0.742. The summed E-state index contributed by atoms with van der Waals surface area (Å²) in [5, 5.41) is 4.17. The lowest BCUT2D eigenvalue weighted by Gasteiger charge is -2.06. The molecule has 0 atom stereocenters. The highest BCUT2D eigenvalue weighted by atomic mass is 15.0. The molecule has 0 amide bonds. The van der Waals surface area contributed by atoms with Gasteiger partial charge in [-0.2, -0.15) is 0 Å². The number of nitrogens with zero attached hydrogens (tertiary/aromatic N) is 2. The predicted octanol–water partition coefficient (Wildman–Crippen LogP) is 2.99. The lowest BCUT2D eigenvalue weighted by Crippen LogP contribution is -1.96. The molecule has 0 unspecified atom stereocenters. The van der Waals surface area contributed by atoms with Gasteiger partial charge in [0.1, 0.15) is 5.65 Å². The zero-order valence-electron chi connectivity index (χ0n) is 10.5. The minimum atomic E-state index is 0.995. The molecule has 1 aromatic carbocycles. The Labute approximate surface area is 106 Å². The molecule has 0 saturated carbocycles. The van der Waals surface area contributed by atoms with Crippen molar-refractivity contribution in [1.82, 2.24) is 14.7 Å². The van der Waals surface area contributed by atoms with Crippen LogP contribution in [-0.4, -0.2) is 16.4 Å². The second kappa shape index (κ2) is 4.18. The van der Waals surface area contributed by atoms with Crippen molar-refractivity contribution in [2.45, 2.75) is 6.92 Å². The number of rotatable bonds is 2. The molecule has 2 heterocycles. The highest BCUT2D eigenvalue weighted by Gasteiger charge is 2.07. The SMILES string of the molecule is CNC=Cc1nc2c(C)ccn2c2ccccc12. The Balaban J connectivity index is 2.44. The van der Waals surface area contributed by atoms with Gasteiger partial charge in [0, 0.05) is 18.6 Å². The highest BCUT2D eigenvalue weighted by molar-refractivity contribution is 5.89. The molecule has 0 aliphatic heterocycles. The topological polar surface area (TPSA) is 29.3 Å². The molecule has 0 aliphatic carbocycles. The van der Waals surface area contributed by atoms with Gasteiger partial charge in [0.2, 0.25) is 0 Å². The molecule has 0 radical (unpaired) electrons. The Morgan fingerprint density at radius 1 is 1.22 bits per heavy atom. The van der Waals surface area contributed by atoms with E-state index in [0.29, 0.717) is 0 Å². The van der Waals surface area contributed by atoms with E-state index < -0.39 is 0 Å². The van der Waals surface area contributed by atoms with Crippen LogP contribution >= 0.6 is 0 Å². The van der Waals surface area contributed by atoms with Gasteiger partial charge in [0.25, 0.3) is 0 Å². The first-order chi connectivity index (χ1) is 8.81. The lowest BCUT2D eigenvalue weighted by atomic mass is 10.2. The van der Waals surface area contributed by atoms with Crippen molar-refractivity contribution in [1.29, 1.82) is 0 Å². The van der Waals surface area contributed by atoms with Gasteiger partial charge in [-0.1, -0.05) is 18.2 Å². The van der Waals surface area contributed by atoms with Crippen molar-refractivity contribution in [2.75, 3.05) is 7.05 Å². The van der Waals surface area contributed by atoms with Crippen molar-refractivity contribution in [2.24, 2.45) is 0 Å². The fourth-order valence-electron chi connectivity index (χ4n) is 2.22. The fraction of sp³-hybridized carbons (Fsp3) is 0.133. The lowest BCUT2D eigenvalue weighted by molar-refractivity contribution is 1.11. The van der Waals surface area contributed by atoms with Crippen LogP contribution in [-0.2, 0) is 0 Å². The van der Waals surface area contributed by atoms with Crippen LogP contribution in [0.1, 0.15) is 11.3 Å². The van der Waals surface area contributed by atoms with Crippen molar-refractivity contribution in [3.05, 3.63) is 54.0 Å². The normalized spacial score (nSPS) is 11.7. The summed E-state index contributed by atoms with van der Waals surface area (Å²) in [5.41, 5.74) is 4.39. The maximum Gasteiger partial charge on any atom is 0.140 e. The number of aromatic nitrogens is 2. The Morgan fingerprint density at radius 2 is 2.06 bits per heavy atom. The average Bonchev–Trinajstić information content (AvgIpc) is 2.78. The molecule has 2 aromatic heterocycles. The maximum atomic E-state index is 4.74. The van der Waals surface area contributed by atoms with Crippen molar-refractivity contribution in [3.8, 4) is 0 Å². The molecule has 0 aliphatic rings. The van der Waals surface area contributed by atoms with Crippen molar-refractivity contribution >= 4 is 22.6 Å². The van der Waals surface area contributed by atoms with Crippen LogP contribution in [0.25, 0.3) is 22.6 Å². The minimum absolute atomic E-state index is 0.995. The summed E-state index contributed by atoms with van der Waals surface area (Å²) in [4.78, 5) is 4.74. The minimum Gasteiger partial charge on any atom is -0.394 e. The van der Waals surface area contributed by atoms with Crippen LogP contribution < -0.4 is 5.32 Å². The molecular formula is C15H15N3. The Hall–Kier alpha value is -2.29. The second-order valence-corrected chi connectivity index (χ2v) is 4.33. The van der Waals surface area contributed by atoms with E-state index in [9.17, 15) is 0 Å². The van der Waals surface area contributed by atoms with Crippen LogP contribution in [0.4, 0.5) is 0 Å². The van der Waals surface area contributed by atoms with E-state index in [1.54, 1.807) is 0 Å². The molecule has 18 heavy (non-hydrogen) atoms. The third-order valence-corrected chi connectivity index (χ3v) is 3.13. The zero-order chi connectivity index (χ0) is 12.5. The van der Waals surface area contributed by atoms with Crippen LogP contribution in [0.15, 0.2) is 42.7 Å². The van der Waals surface area contributed by atoms with Gasteiger partial charge in [-0.05, 0) is 36.9 Å². The molecule has 0 saturated heterocycles. The van der Waals surface area contributed by atoms with E-state index in [4.69, 9.17) is 4.98 Å². The van der Waals surface area contributed by atoms with Gasteiger partial charge >= 0.3 is 0 Å². The number of benzene rings is 1. The predicted molar refractivity (Wildman–Crippen MR) is 75.5 cm³/mol. The van der Waals surface area contributed by atoms with Crippen LogP contribution in [0.5, 0.6) is 0 Å². The smallest absolute Gasteiger partial charge is 0.140 e. The molecule has 0 spiro atoms. The molecule has 3 nitrogen and oxygen atoms in total. The Bertz CT molecular complexity index is 738. The molecule has 0 fully saturated rings. The first-order valence-electron chi connectivity index (χ1n) is 6.01. The number of para-hydroxylation sites is 1. The Kier molecular flexibility index (Phi) is 2.52. The van der Waals surface area contributed by atoms with Crippen molar-refractivity contribution in [3.63, 3.8) is 0 Å². The number of fused-ring (bicyclic) bond motifs is 3. The summed E-state index contributed by atoms with van der Waals surface area (Å²) in [5.74, 6) is 0. The van der Waals surface area contributed by atoms with Gasteiger partial charge < -0.3 is 9.72 Å². The first kappa shape index (κ1) is 10.8. The van der Waals surface area contributed by atoms with Crippen LogP contribution in [0, 0.1) is 6.92 Å². The molecule has 3 aromatic rings. The van der Waals surface area contributed by atoms with E-state index in [1.807, 2.05) is 25.4 Å². The standard InChI is InChI=1S/C15H15N3/c1-11-8-10-18-14-6-4-3-5-12(14)13(7-9-16-2)17-15(11)18/h3-10,16H,1-2H3. The number of hydrogen-bond donors (Lipinski definition) is 1. The fourth-order valence-corrected chi connectivity index (χ4v) is 2.22. The van der Waals surface area contributed by atoms with Gasteiger partial charge in [0.15, 0.2) is 0 Å². The largest absolute Gasteiger partial charge is 0.394 e. The van der Waals surface area contributed by atoms with Gasteiger partial charge in [-0.3, -0.25) is 0 Å². The van der Waals surface area contributed by atoms with Crippen LogP contribution in [0.2, 0.25) is 0 Å². The monoisotopic (exact) mass is 237 g/mol. The first-order valence-corrected chi connectivity index (χ1v) is 6.01. The molecule has 90 valence electrons. The summed E-state index contributed by atoms with van der Waals surface area (Å²) < 4.78 is 2.14. The molecular weight excluding hydrogens is 222 g/mol. The van der Waals surface area contributed by atoms with E-state index in [1.165, 1.54) is 11.1 Å². The second-order valence-electron chi connectivity index (χ2n) is 4.33. The van der Waals surface area contributed by atoms with E-state index in [2.05, 4.69) is 47.1 Å². The van der Waals surface area contributed by atoms with Crippen molar-refractivity contribution < 1.29 is 0 Å². The molecule has 3 heteroatoms. The van der Waals surface area contributed by atoms with E-state index in [-0.39, 0.29) is 0 Å². The highest BCUT2D eigenvalue weighted by Crippen LogP contribution is 2.22. The summed E-state index contributed by atoms with van der Waals surface area (Å²) in [7, 11) is 1.89. The third kappa shape index (κ3) is 1.56. The Morgan fingerprint density at radius 3 is 2.89 bits per heavy atom. The summed E-state index contributed by atoms with van der Waals surface area (Å²) >= 11 is 0. The molecule has 0 bridgehead atoms. The maximum absolute atomic E-state index is 4.74. The summed E-state index contributed by atoms with van der Waals surface area (Å²) in [6.45, 7) is 2.09. The molecule has 3 rings (SSSR count). The van der Waals surface area contributed by atoms with E-state index in [0.717, 1.165) is 16.7 Å². The summed E-state index contributed by atoms with van der Waals surface area (Å²) in [6, 6.07) is 10.4. The number of hydrogen-bond acceptors (Lipinski definition) is 2. The van der Waals surface area contributed by atoms with E-state index >= 15 is 0 Å². The van der Waals surface area contributed by atoms with Gasteiger partial charge in [-0.15, -0.1) is 0 Å². The molecule has 1 N–H and O–H groups in total.